The molecule has 0 atom stereocenters. The van der Waals surface area contributed by atoms with Crippen LogP contribution in [0.5, 0.6) is 0 Å². The zero-order valence-corrected chi connectivity index (χ0v) is 14.0. The van der Waals surface area contributed by atoms with Gasteiger partial charge in [-0.1, -0.05) is 12.1 Å². The van der Waals surface area contributed by atoms with Crippen molar-refractivity contribution in [2.75, 3.05) is 29.4 Å². The summed E-state index contributed by atoms with van der Waals surface area (Å²) in [6.45, 7) is 0.892. The molecule has 1 aliphatic heterocycles. The molecule has 0 saturated carbocycles. The molecule has 0 spiro atoms. The zero-order chi connectivity index (χ0) is 17.9. The maximum absolute atomic E-state index is 12.5. The van der Waals surface area contributed by atoms with Crippen molar-refractivity contribution in [1.82, 2.24) is 0 Å². The van der Waals surface area contributed by atoms with Crippen molar-refractivity contribution < 1.29 is 17.9 Å². The van der Waals surface area contributed by atoms with E-state index in [1.807, 2.05) is 6.07 Å². The average Bonchev–Trinajstić information content (AvgIpc) is 2.62. The third-order valence-electron chi connectivity index (χ3n) is 3.74. The number of nitriles is 1. The molecule has 1 heterocycles. The highest BCUT2D eigenvalue weighted by Gasteiger charge is 2.21. The van der Waals surface area contributed by atoms with Crippen LogP contribution in [-0.2, 0) is 19.6 Å². The van der Waals surface area contributed by atoms with E-state index in [0.717, 1.165) is 0 Å². The van der Waals surface area contributed by atoms with Crippen molar-refractivity contribution in [3.63, 3.8) is 0 Å². The zero-order valence-electron chi connectivity index (χ0n) is 13.2. The summed E-state index contributed by atoms with van der Waals surface area (Å²) in [7, 11) is -3.84. The molecule has 0 unspecified atom stereocenters. The summed E-state index contributed by atoms with van der Waals surface area (Å²) in [5.41, 5.74) is 1.07. The number of morpholine rings is 1. The summed E-state index contributed by atoms with van der Waals surface area (Å²) >= 11 is 0. The smallest absolute Gasteiger partial charge is 0.261 e. The van der Waals surface area contributed by atoms with Crippen molar-refractivity contribution >= 4 is 27.3 Å². The third-order valence-corrected chi connectivity index (χ3v) is 5.12. The number of hydrogen-bond donors (Lipinski definition) is 1. The number of hydrogen-bond acceptors (Lipinski definition) is 5. The summed E-state index contributed by atoms with van der Waals surface area (Å²) in [5, 5.41) is 9.06. The highest BCUT2D eigenvalue weighted by atomic mass is 32.2. The Morgan fingerprint density at radius 2 is 1.84 bits per heavy atom. The second kappa shape index (κ2) is 6.93. The number of rotatable bonds is 4. The maximum atomic E-state index is 12.5. The predicted molar refractivity (Wildman–Crippen MR) is 91.6 cm³/mol. The molecule has 0 radical (unpaired) electrons. The van der Waals surface area contributed by atoms with Crippen LogP contribution in [0, 0.1) is 11.3 Å². The van der Waals surface area contributed by atoms with Gasteiger partial charge < -0.3 is 9.64 Å². The van der Waals surface area contributed by atoms with Crippen molar-refractivity contribution in [2.24, 2.45) is 0 Å². The fourth-order valence-corrected chi connectivity index (χ4v) is 3.55. The molecule has 7 nitrogen and oxygen atoms in total. The Morgan fingerprint density at radius 3 is 2.52 bits per heavy atom. The second-order valence-electron chi connectivity index (χ2n) is 5.35. The quantitative estimate of drug-likeness (QED) is 0.898. The number of sulfonamides is 1. The largest absolute Gasteiger partial charge is 0.370 e. The van der Waals surface area contributed by atoms with Crippen LogP contribution in [0.2, 0.25) is 0 Å². The Labute approximate surface area is 145 Å². The highest BCUT2D eigenvalue weighted by Crippen LogP contribution is 2.23. The van der Waals surface area contributed by atoms with Crippen molar-refractivity contribution in [2.45, 2.75) is 4.90 Å². The fourth-order valence-electron chi connectivity index (χ4n) is 2.47. The van der Waals surface area contributed by atoms with E-state index in [0.29, 0.717) is 18.8 Å². The van der Waals surface area contributed by atoms with Gasteiger partial charge in [-0.3, -0.25) is 9.52 Å². The normalized spacial score (nSPS) is 14.8. The van der Waals surface area contributed by atoms with Gasteiger partial charge in [-0.25, -0.2) is 8.42 Å². The number of nitrogens with one attached hydrogen (secondary N) is 1. The molecule has 1 saturated heterocycles. The molecule has 2 aromatic rings. The van der Waals surface area contributed by atoms with Crippen LogP contribution < -0.4 is 9.62 Å². The monoisotopic (exact) mass is 357 g/mol. The molecule has 25 heavy (non-hydrogen) atoms. The summed E-state index contributed by atoms with van der Waals surface area (Å²) in [5.74, 6) is -0.164. The molecule has 3 rings (SSSR count). The number of amides is 1. The number of ether oxygens (including phenoxy) is 1. The number of carbonyl (C=O) groups excluding carboxylic acids is 1. The van der Waals surface area contributed by atoms with Crippen LogP contribution in [0.3, 0.4) is 0 Å². The summed E-state index contributed by atoms with van der Waals surface area (Å²) in [6, 6.07) is 14.3. The summed E-state index contributed by atoms with van der Waals surface area (Å²) < 4.78 is 32.5. The van der Waals surface area contributed by atoms with Gasteiger partial charge in [-0.15, -0.1) is 0 Å². The minimum absolute atomic E-state index is 0.0204. The minimum atomic E-state index is -3.84. The fraction of sp³-hybridized carbons (Fsp3) is 0.176. The maximum Gasteiger partial charge on any atom is 0.261 e. The molecule has 0 aromatic heterocycles. The van der Waals surface area contributed by atoms with Crippen LogP contribution in [0.1, 0.15) is 5.56 Å². The van der Waals surface area contributed by atoms with E-state index in [9.17, 15) is 13.2 Å². The Morgan fingerprint density at radius 1 is 1.12 bits per heavy atom. The van der Waals surface area contributed by atoms with E-state index in [-0.39, 0.29) is 28.7 Å². The Bertz CT molecular complexity index is 933. The van der Waals surface area contributed by atoms with E-state index in [2.05, 4.69) is 4.72 Å². The van der Waals surface area contributed by atoms with Gasteiger partial charge >= 0.3 is 0 Å². The number of carbonyl (C=O) groups is 1. The van der Waals surface area contributed by atoms with Gasteiger partial charge in [0.15, 0.2) is 0 Å². The standard InChI is InChI=1S/C17H15N3O4S/c18-11-13-3-1-2-4-16(13)19-25(22,23)15-7-5-14(6-8-15)20-9-10-24-12-17(20)21/h1-8,19H,9-10,12H2. The molecule has 2 aromatic carbocycles. The average molecular weight is 357 g/mol. The van der Waals surface area contributed by atoms with E-state index in [1.165, 1.54) is 24.3 Å². The first-order valence-electron chi connectivity index (χ1n) is 7.51. The van der Waals surface area contributed by atoms with Gasteiger partial charge in [0, 0.05) is 12.2 Å². The Hall–Kier alpha value is -2.89. The number of para-hydroxylation sites is 1. The number of anilines is 2. The number of nitrogens with zero attached hydrogens (tertiary/aromatic N) is 2. The van der Waals surface area contributed by atoms with Gasteiger partial charge in [-0.05, 0) is 36.4 Å². The van der Waals surface area contributed by atoms with Gasteiger partial charge in [0.25, 0.3) is 15.9 Å². The first kappa shape index (κ1) is 17.0. The number of benzene rings is 2. The van der Waals surface area contributed by atoms with Crippen LogP contribution in [0.15, 0.2) is 53.4 Å². The molecule has 1 N–H and O–H groups in total. The van der Waals surface area contributed by atoms with Gasteiger partial charge in [0.05, 0.1) is 22.8 Å². The van der Waals surface area contributed by atoms with E-state index in [1.54, 1.807) is 29.2 Å². The minimum Gasteiger partial charge on any atom is -0.370 e. The molecule has 8 heteroatoms. The summed E-state index contributed by atoms with van der Waals surface area (Å²) in [6.07, 6.45) is 0. The molecule has 0 bridgehead atoms. The van der Waals surface area contributed by atoms with E-state index in [4.69, 9.17) is 10.00 Å². The first-order chi connectivity index (χ1) is 12.0. The molecular formula is C17H15N3O4S. The van der Waals surface area contributed by atoms with E-state index < -0.39 is 10.0 Å². The van der Waals surface area contributed by atoms with Crippen molar-refractivity contribution in [3.05, 3.63) is 54.1 Å². The first-order valence-corrected chi connectivity index (χ1v) is 9.00. The highest BCUT2D eigenvalue weighted by molar-refractivity contribution is 7.92. The van der Waals surface area contributed by atoms with Crippen LogP contribution in [0.4, 0.5) is 11.4 Å². The van der Waals surface area contributed by atoms with Gasteiger partial charge in [-0.2, -0.15) is 5.26 Å². The van der Waals surface area contributed by atoms with Gasteiger partial charge in [0.2, 0.25) is 0 Å². The lowest BCUT2D eigenvalue weighted by atomic mass is 10.2. The molecule has 1 fully saturated rings. The summed E-state index contributed by atoms with van der Waals surface area (Å²) in [4.78, 5) is 13.4. The SMILES string of the molecule is N#Cc1ccccc1NS(=O)(=O)c1ccc(N2CCOCC2=O)cc1. The van der Waals surface area contributed by atoms with Crippen molar-refractivity contribution in [3.8, 4) is 6.07 Å². The predicted octanol–water partition coefficient (Wildman–Crippen LogP) is 1.72. The molecule has 128 valence electrons. The lowest BCUT2D eigenvalue weighted by Gasteiger charge is -2.26. The van der Waals surface area contributed by atoms with Crippen LogP contribution >= 0.6 is 0 Å². The molecule has 1 aliphatic rings. The second-order valence-corrected chi connectivity index (χ2v) is 7.04. The lowest BCUT2D eigenvalue weighted by Crippen LogP contribution is -2.41. The topological polar surface area (TPSA) is 99.5 Å². The van der Waals surface area contributed by atoms with Crippen LogP contribution in [0.25, 0.3) is 0 Å². The van der Waals surface area contributed by atoms with Crippen LogP contribution in [-0.4, -0.2) is 34.1 Å². The Balaban J connectivity index is 1.83. The lowest BCUT2D eigenvalue weighted by molar-refractivity contribution is -0.125. The molecular weight excluding hydrogens is 342 g/mol. The molecule has 0 aliphatic carbocycles. The molecule has 1 amide bonds. The Kier molecular flexibility index (Phi) is 4.70. The van der Waals surface area contributed by atoms with E-state index >= 15 is 0 Å². The third kappa shape index (κ3) is 3.63. The van der Waals surface area contributed by atoms with Crippen molar-refractivity contribution in [1.29, 1.82) is 5.26 Å². The van der Waals surface area contributed by atoms with Gasteiger partial charge in [0.1, 0.15) is 12.7 Å².